The third kappa shape index (κ3) is 3.13. The zero-order chi connectivity index (χ0) is 19.6. The fraction of sp³-hybridized carbons (Fsp3) is 0.562. The zero-order valence-corrected chi connectivity index (χ0v) is 15.4. The Labute approximate surface area is 155 Å². The summed E-state index contributed by atoms with van der Waals surface area (Å²) in [4.78, 5) is 13.8. The van der Waals surface area contributed by atoms with Gasteiger partial charge in [0.1, 0.15) is 29.8 Å². The molecule has 148 valence electrons. The van der Waals surface area contributed by atoms with E-state index in [1.165, 1.54) is 19.7 Å². The number of fused-ring (bicyclic) bond motifs is 1. The maximum atomic E-state index is 10.6. The van der Waals surface area contributed by atoms with Crippen LogP contribution in [0.15, 0.2) is 17.6 Å². The van der Waals surface area contributed by atoms with Gasteiger partial charge in [-0.05, 0) is 13.8 Å². The second-order valence-corrected chi connectivity index (χ2v) is 6.27. The summed E-state index contributed by atoms with van der Waals surface area (Å²) in [6, 6.07) is 0. The molecule has 0 aliphatic carbocycles. The van der Waals surface area contributed by atoms with Gasteiger partial charge >= 0.3 is 0 Å². The van der Waals surface area contributed by atoms with Crippen molar-refractivity contribution < 1.29 is 24.5 Å². The predicted molar refractivity (Wildman–Crippen MR) is 97.0 cm³/mol. The molecule has 4 atom stereocenters. The molecule has 5 N–H and O–H groups in total. The van der Waals surface area contributed by atoms with Gasteiger partial charge in [-0.25, -0.2) is 15.4 Å². The number of ether oxygens (including phenoxy) is 2. The Morgan fingerprint density at radius 1 is 1.52 bits per heavy atom. The van der Waals surface area contributed by atoms with E-state index >= 15 is 0 Å². The number of hydrazone groups is 1. The van der Waals surface area contributed by atoms with Crippen molar-refractivity contribution in [2.45, 2.75) is 37.9 Å². The molecule has 1 saturated heterocycles. The van der Waals surface area contributed by atoms with E-state index in [0.29, 0.717) is 29.0 Å². The van der Waals surface area contributed by atoms with Crippen LogP contribution in [-0.4, -0.2) is 69.1 Å². The summed E-state index contributed by atoms with van der Waals surface area (Å²) < 4.78 is 13.2. The smallest absolute Gasteiger partial charge is 0.167 e. The number of nitrogens with zero attached hydrogens (tertiary/aromatic N) is 4. The Morgan fingerprint density at radius 2 is 2.30 bits per heavy atom. The van der Waals surface area contributed by atoms with Gasteiger partial charge in [-0.15, -0.1) is 0 Å². The summed E-state index contributed by atoms with van der Waals surface area (Å²) in [6.07, 6.45) is 1.96. The molecular weight excluding hydrogens is 356 g/mol. The van der Waals surface area contributed by atoms with Crippen LogP contribution in [0.5, 0.6) is 0 Å². The van der Waals surface area contributed by atoms with E-state index in [0.717, 1.165) is 0 Å². The Kier molecular flexibility index (Phi) is 5.58. The number of nitrogens with two attached hydrogens (primary N) is 1. The number of aliphatic hydroxyl groups is 2. The van der Waals surface area contributed by atoms with Gasteiger partial charge in [0.25, 0.3) is 0 Å². The molecule has 1 fully saturated rings. The van der Waals surface area contributed by atoms with E-state index in [-0.39, 0.29) is 6.61 Å². The second-order valence-electron chi connectivity index (χ2n) is 6.27. The molecule has 0 spiro atoms. The minimum absolute atomic E-state index is 0.348. The predicted octanol–water partition coefficient (Wildman–Crippen LogP) is -0.257. The minimum Gasteiger partial charge on any atom is -0.394 e. The second kappa shape index (κ2) is 7.74. The van der Waals surface area contributed by atoms with E-state index in [1.807, 2.05) is 6.92 Å². The highest BCUT2D eigenvalue weighted by Crippen LogP contribution is 2.42. The lowest BCUT2D eigenvalue weighted by atomic mass is 9.96. The monoisotopic (exact) mass is 380 g/mol. The number of methoxy groups -OCH3 is 1. The molecule has 1 aliphatic rings. The molecule has 0 aromatic carbocycles. The molecule has 11 nitrogen and oxygen atoms in total. The topological polar surface area (TPSA) is 149 Å². The van der Waals surface area contributed by atoms with Crippen molar-refractivity contribution in [3.05, 3.63) is 18.1 Å². The standard InChI is InChI=1S/C16H24N6O5/c1-4-26-21-13-11-9(5-20-17)6-22(14(11)19-8-18-13)15-16(2,25-3)12(24)10(7-23)27-15/h5-6,8,10,12,15,23-24H,4,7,17H2,1-3H3,(H,18,19,21)/b20-5+/t10?,12?,15-,16-/m1/s1. The first-order chi connectivity index (χ1) is 13.0. The highest BCUT2D eigenvalue weighted by Gasteiger charge is 2.54. The first-order valence-electron chi connectivity index (χ1n) is 8.47. The molecule has 2 aromatic rings. The summed E-state index contributed by atoms with van der Waals surface area (Å²) in [6.45, 7) is 3.64. The molecule has 2 aromatic heterocycles. The Morgan fingerprint density at radius 3 is 2.93 bits per heavy atom. The van der Waals surface area contributed by atoms with Gasteiger partial charge in [-0.3, -0.25) is 4.84 Å². The van der Waals surface area contributed by atoms with Gasteiger partial charge in [-0.2, -0.15) is 5.10 Å². The first kappa shape index (κ1) is 19.5. The van der Waals surface area contributed by atoms with Crippen LogP contribution >= 0.6 is 0 Å². The zero-order valence-electron chi connectivity index (χ0n) is 15.4. The molecule has 0 saturated carbocycles. The lowest BCUT2D eigenvalue weighted by Crippen LogP contribution is -2.46. The fourth-order valence-electron chi connectivity index (χ4n) is 3.28. The van der Waals surface area contributed by atoms with Gasteiger partial charge in [0.15, 0.2) is 12.0 Å². The number of aliphatic hydroxyl groups excluding tert-OH is 2. The summed E-state index contributed by atoms with van der Waals surface area (Å²) in [7, 11) is 1.48. The maximum Gasteiger partial charge on any atom is 0.167 e. The van der Waals surface area contributed by atoms with Crippen LogP contribution in [-0.2, 0) is 14.3 Å². The van der Waals surface area contributed by atoms with Crippen molar-refractivity contribution in [2.24, 2.45) is 10.9 Å². The Hall–Kier alpha value is -2.31. The lowest BCUT2D eigenvalue weighted by Gasteiger charge is -2.31. The number of hydrogen-bond acceptors (Lipinski definition) is 10. The number of aromatic nitrogens is 3. The highest BCUT2D eigenvalue weighted by atomic mass is 16.6. The average molecular weight is 380 g/mol. The van der Waals surface area contributed by atoms with Crippen molar-refractivity contribution >= 4 is 23.1 Å². The summed E-state index contributed by atoms with van der Waals surface area (Å²) in [5.74, 6) is 5.79. The molecule has 0 radical (unpaired) electrons. The third-order valence-corrected chi connectivity index (χ3v) is 4.77. The minimum atomic E-state index is -1.12. The molecule has 3 heterocycles. The SMILES string of the molecule is CCONc1ncnc2c1c(/C=N/N)cn2[C@@H]1OC(CO)C(O)[C@@]1(C)OC. The van der Waals surface area contributed by atoms with Crippen LogP contribution in [0, 0.1) is 0 Å². The highest BCUT2D eigenvalue weighted by molar-refractivity contribution is 6.03. The van der Waals surface area contributed by atoms with Crippen LogP contribution in [0.1, 0.15) is 25.6 Å². The number of rotatable bonds is 7. The number of nitrogens with one attached hydrogen (secondary N) is 1. The fourth-order valence-corrected chi connectivity index (χ4v) is 3.28. The quantitative estimate of drug-likeness (QED) is 0.289. The van der Waals surface area contributed by atoms with Crippen LogP contribution in [0.2, 0.25) is 0 Å². The molecule has 2 unspecified atom stereocenters. The van der Waals surface area contributed by atoms with Crippen molar-refractivity contribution in [1.82, 2.24) is 14.5 Å². The Bertz CT molecular complexity index is 827. The van der Waals surface area contributed by atoms with Crippen molar-refractivity contribution in [3.8, 4) is 0 Å². The number of hydrogen-bond donors (Lipinski definition) is 4. The number of anilines is 1. The van der Waals surface area contributed by atoms with Crippen molar-refractivity contribution in [1.29, 1.82) is 0 Å². The third-order valence-electron chi connectivity index (χ3n) is 4.77. The molecule has 1 aliphatic heterocycles. The van der Waals surface area contributed by atoms with Crippen LogP contribution in [0.4, 0.5) is 5.82 Å². The molecular formula is C16H24N6O5. The molecule has 3 rings (SSSR count). The van der Waals surface area contributed by atoms with Gasteiger partial charge in [0.05, 0.1) is 24.8 Å². The summed E-state index contributed by atoms with van der Waals surface area (Å²) >= 11 is 0. The summed E-state index contributed by atoms with van der Waals surface area (Å²) in [5.41, 5.74) is 2.78. The van der Waals surface area contributed by atoms with Crippen LogP contribution < -0.4 is 11.3 Å². The maximum absolute atomic E-state index is 10.6. The van der Waals surface area contributed by atoms with E-state index in [4.69, 9.17) is 20.2 Å². The van der Waals surface area contributed by atoms with Crippen LogP contribution in [0.3, 0.4) is 0 Å². The first-order valence-corrected chi connectivity index (χ1v) is 8.47. The molecule has 0 bridgehead atoms. The molecule has 11 heteroatoms. The normalized spacial score (nSPS) is 28.4. The molecule has 0 amide bonds. The van der Waals surface area contributed by atoms with Crippen LogP contribution in [0.25, 0.3) is 11.0 Å². The van der Waals surface area contributed by atoms with Gasteiger partial charge in [0, 0.05) is 18.9 Å². The van der Waals surface area contributed by atoms with Gasteiger partial charge < -0.3 is 30.1 Å². The van der Waals surface area contributed by atoms with E-state index in [1.54, 1.807) is 17.7 Å². The largest absolute Gasteiger partial charge is 0.394 e. The Balaban J connectivity index is 2.17. The van der Waals surface area contributed by atoms with E-state index in [9.17, 15) is 10.2 Å². The van der Waals surface area contributed by atoms with Crippen molar-refractivity contribution in [3.63, 3.8) is 0 Å². The van der Waals surface area contributed by atoms with Gasteiger partial charge in [0.2, 0.25) is 0 Å². The average Bonchev–Trinajstić information content (AvgIpc) is 3.17. The summed E-state index contributed by atoms with van der Waals surface area (Å²) in [5, 5.41) is 24.3. The molecule has 27 heavy (non-hydrogen) atoms. The van der Waals surface area contributed by atoms with Crippen molar-refractivity contribution in [2.75, 3.05) is 25.8 Å². The van der Waals surface area contributed by atoms with E-state index in [2.05, 4.69) is 20.5 Å². The van der Waals surface area contributed by atoms with E-state index < -0.39 is 24.0 Å². The van der Waals surface area contributed by atoms with Gasteiger partial charge in [-0.1, -0.05) is 0 Å². The lowest BCUT2D eigenvalue weighted by molar-refractivity contribution is -0.118.